The molecular weight excluding hydrogens is 336 g/mol. The number of carbonyl (C=O) groups excluding carboxylic acids is 1. The van der Waals surface area contributed by atoms with Crippen molar-refractivity contribution in [3.8, 4) is 0 Å². The van der Waals surface area contributed by atoms with Crippen molar-refractivity contribution >= 4 is 23.3 Å². The van der Waals surface area contributed by atoms with E-state index in [0.29, 0.717) is 0 Å². The smallest absolute Gasteiger partial charge is 0.312 e. The number of hydrogen-bond donors (Lipinski definition) is 0. The van der Waals surface area contributed by atoms with E-state index in [-0.39, 0.29) is 17.5 Å². The summed E-state index contributed by atoms with van der Waals surface area (Å²) in [5.41, 5.74) is 0.975. The minimum Gasteiger partial charge on any atom is -0.462 e. The van der Waals surface area contributed by atoms with Gasteiger partial charge in [-0.25, -0.2) is 0 Å². The third-order valence-corrected chi connectivity index (χ3v) is 6.23. The second-order valence-corrected chi connectivity index (χ2v) is 7.75. The van der Waals surface area contributed by atoms with Crippen LogP contribution in [0.5, 0.6) is 0 Å². The molecule has 0 amide bonds. The van der Waals surface area contributed by atoms with Crippen molar-refractivity contribution in [1.29, 1.82) is 0 Å². The molecule has 1 atom stereocenters. The number of anilines is 1. The molecule has 2 heterocycles. The standard InChI is InChI=1S/C20H29ClN2O2/c1-3-20(4-2)15-18(25-19(20)24)8-9-22-10-12-23(13-11-22)17-7-5-6-16(21)14-17/h5-7,14,18H,3-4,8-13,15H2,1-2H3. The van der Waals surface area contributed by atoms with Crippen molar-refractivity contribution in [2.24, 2.45) is 5.41 Å². The lowest BCUT2D eigenvalue weighted by molar-refractivity contribution is -0.149. The van der Waals surface area contributed by atoms with Gasteiger partial charge in [-0.15, -0.1) is 0 Å². The predicted molar refractivity (Wildman–Crippen MR) is 102 cm³/mol. The van der Waals surface area contributed by atoms with Crippen molar-refractivity contribution in [2.45, 2.75) is 45.6 Å². The lowest BCUT2D eigenvalue weighted by Gasteiger charge is -2.36. The minimum atomic E-state index is -0.226. The normalized spacial score (nSPS) is 23.7. The molecular formula is C20H29ClN2O2. The number of esters is 1. The second kappa shape index (κ2) is 7.96. The van der Waals surface area contributed by atoms with Crippen LogP contribution in [0.3, 0.4) is 0 Å². The first-order valence-electron chi connectivity index (χ1n) is 9.50. The van der Waals surface area contributed by atoms with Gasteiger partial charge in [-0.2, -0.15) is 0 Å². The van der Waals surface area contributed by atoms with Crippen LogP contribution >= 0.6 is 11.6 Å². The highest BCUT2D eigenvalue weighted by Gasteiger charge is 2.46. The largest absolute Gasteiger partial charge is 0.462 e. The molecule has 2 aliphatic rings. The summed E-state index contributed by atoms with van der Waals surface area (Å²) >= 11 is 6.10. The number of hydrogen-bond acceptors (Lipinski definition) is 4. The van der Waals surface area contributed by atoms with E-state index in [0.717, 1.165) is 63.4 Å². The first-order valence-corrected chi connectivity index (χ1v) is 9.88. The first-order chi connectivity index (χ1) is 12.1. The third-order valence-electron chi connectivity index (χ3n) is 5.99. The Kier molecular flexibility index (Phi) is 5.90. The predicted octanol–water partition coefficient (Wildman–Crippen LogP) is 3.97. The van der Waals surface area contributed by atoms with E-state index in [1.54, 1.807) is 0 Å². The summed E-state index contributed by atoms with van der Waals surface area (Å²) in [7, 11) is 0. The Morgan fingerprint density at radius 3 is 2.52 bits per heavy atom. The Morgan fingerprint density at radius 1 is 1.20 bits per heavy atom. The molecule has 5 heteroatoms. The molecule has 3 rings (SSSR count). The summed E-state index contributed by atoms with van der Waals surface area (Å²) in [6.07, 6.45) is 3.71. The van der Waals surface area contributed by atoms with E-state index in [2.05, 4.69) is 29.7 Å². The van der Waals surface area contributed by atoms with Crippen LogP contribution in [-0.2, 0) is 9.53 Å². The van der Waals surface area contributed by atoms with Gasteiger partial charge in [-0.1, -0.05) is 31.5 Å². The van der Waals surface area contributed by atoms with E-state index < -0.39 is 0 Å². The SMILES string of the molecule is CCC1(CC)CC(CCN2CCN(c3cccc(Cl)c3)CC2)OC1=O. The van der Waals surface area contributed by atoms with Crippen molar-refractivity contribution in [2.75, 3.05) is 37.6 Å². The van der Waals surface area contributed by atoms with Crippen molar-refractivity contribution in [3.63, 3.8) is 0 Å². The number of nitrogens with zero attached hydrogens (tertiary/aromatic N) is 2. The van der Waals surface area contributed by atoms with Gasteiger partial charge in [0.15, 0.2) is 0 Å². The number of halogens is 1. The number of ether oxygens (including phenoxy) is 1. The molecule has 25 heavy (non-hydrogen) atoms. The van der Waals surface area contributed by atoms with E-state index in [4.69, 9.17) is 16.3 Å². The molecule has 0 bridgehead atoms. The fraction of sp³-hybridized carbons (Fsp3) is 0.650. The topological polar surface area (TPSA) is 32.8 Å². The molecule has 0 N–H and O–H groups in total. The molecule has 138 valence electrons. The van der Waals surface area contributed by atoms with Crippen molar-refractivity contribution in [3.05, 3.63) is 29.3 Å². The summed E-state index contributed by atoms with van der Waals surface area (Å²) in [4.78, 5) is 17.1. The zero-order valence-corrected chi connectivity index (χ0v) is 16.1. The average Bonchev–Trinajstić information content (AvgIpc) is 2.96. The summed E-state index contributed by atoms with van der Waals surface area (Å²) in [5.74, 6) is 0.0216. The van der Waals surface area contributed by atoms with E-state index in [1.807, 2.05) is 18.2 Å². The van der Waals surface area contributed by atoms with Gasteiger partial charge in [0.2, 0.25) is 0 Å². The highest BCUT2D eigenvalue weighted by Crippen LogP contribution is 2.41. The first kappa shape index (κ1) is 18.5. The maximum atomic E-state index is 12.2. The fourth-order valence-electron chi connectivity index (χ4n) is 4.05. The van der Waals surface area contributed by atoms with Gasteiger partial charge < -0.3 is 9.64 Å². The Morgan fingerprint density at radius 2 is 1.92 bits per heavy atom. The van der Waals surface area contributed by atoms with Gasteiger partial charge in [-0.05, 0) is 37.5 Å². The van der Waals surface area contributed by atoms with Crippen molar-refractivity contribution < 1.29 is 9.53 Å². The maximum absolute atomic E-state index is 12.2. The highest BCUT2D eigenvalue weighted by atomic mass is 35.5. The van der Waals surface area contributed by atoms with Crippen LogP contribution < -0.4 is 4.90 Å². The van der Waals surface area contributed by atoms with Gasteiger partial charge in [0.05, 0.1) is 5.41 Å². The van der Waals surface area contributed by atoms with E-state index in [1.165, 1.54) is 5.69 Å². The van der Waals surface area contributed by atoms with Crippen LogP contribution in [-0.4, -0.2) is 49.7 Å². The molecule has 0 aromatic heterocycles. The molecule has 0 spiro atoms. The van der Waals surface area contributed by atoms with Gasteiger partial charge in [0, 0.05) is 49.9 Å². The molecule has 1 unspecified atom stereocenters. The molecule has 0 aliphatic carbocycles. The third kappa shape index (κ3) is 4.12. The lowest BCUT2D eigenvalue weighted by atomic mass is 9.79. The molecule has 2 saturated heterocycles. The van der Waals surface area contributed by atoms with Gasteiger partial charge in [0.1, 0.15) is 6.10 Å². The quantitative estimate of drug-likeness (QED) is 0.715. The lowest BCUT2D eigenvalue weighted by Crippen LogP contribution is -2.47. The van der Waals surface area contributed by atoms with Crippen LogP contribution in [0.25, 0.3) is 0 Å². The van der Waals surface area contributed by atoms with Crippen molar-refractivity contribution in [1.82, 2.24) is 4.90 Å². The Bertz CT molecular complexity index is 595. The molecule has 1 aromatic carbocycles. The summed E-state index contributed by atoms with van der Waals surface area (Å²) in [6, 6.07) is 8.07. The van der Waals surface area contributed by atoms with Gasteiger partial charge >= 0.3 is 5.97 Å². The molecule has 0 saturated carbocycles. The molecule has 1 aromatic rings. The number of carbonyl (C=O) groups is 1. The average molecular weight is 365 g/mol. The maximum Gasteiger partial charge on any atom is 0.312 e. The van der Waals surface area contributed by atoms with Gasteiger partial charge in [-0.3, -0.25) is 9.69 Å². The zero-order valence-electron chi connectivity index (χ0n) is 15.3. The summed E-state index contributed by atoms with van der Waals surface area (Å²) in [6.45, 7) is 9.31. The van der Waals surface area contributed by atoms with Crippen LogP contribution in [0.15, 0.2) is 24.3 Å². The van der Waals surface area contributed by atoms with Crippen LogP contribution in [0.1, 0.15) is 39.5 Å². The number of cyclic esters (lactones) is 1. The van der Waals surface area contributed by atoms with Crippen LogP contribution in [0.4, 0.5) is 5.69 Å². The molecule has 2 fully saturated rings. The highest BCUT2D eigenvalue weighted by molar-refractivity contribution is 6.30. The minimum absolute atomic E-state index is 0.0216. The second-order valence-electron chi connectivity index (χ2n) is 7.32. The Labute approximate surface area is 156 Å². The molecule has 0 radical (unpaired) electrons. The Balaban J connectivity index is 1.45. The number of piperazine rings is 1. The summed E-state index contributed by atoms with van der Waals surface area (Å²) in [5, 5.41) is 0.790. The van der Waals surface area contributed by atoms with Gasteiger partial charge in [0.25, 0.3) is 0 Å². The zero-order chi connectivity index (χ0) is 17.9. The summed E-state index contributed by atoms with van der Waals surface area (Å²) < 4.78 is 5.66. The number of benzene rings is 1. The monoisotopic (exact) mass is 364 g/mol. The van der Waals surface area contributed by atoms with Crippen LogP contribution in [0.2, 0.25) is 5.02 Å². The molecule has 4 nitrogen and oxygen atoms in total. The number of rotatable bonds is 6. The van der Waals surface area contributed by atoms with Crippen LogP contribution in [0, 0.1) is 5.41 Å². The fourth-order valence-corrected chi connectivity index (χ4v) is 4.24. The van der Waals surface area contributed by atoms with E-state index in [9.17, 15) is 4.79 Å². The Hall–Kier alpha value is -1.26. The van der Waals surface area contributed by atoms with E-state index >= 15 is 0 Å². The molecule has 2 aliphatic heterocycles.